The Labute approximate surface area is 114 Å². The van der Waals surface area contributed by atoms with Crippen LogP contribution in [0.25, 0.3) is 0 Å². The van der Waals surface area contributed by atoms with Crippen LogP contribution >= 0.6 is 11.8 Å². The van der Waals surface area contributed by atoms with Crippen molar-refractivity contribution in [2.24, 2.45) is 11.8 Å². The highest BCUT2D eigenvalue weighted by atomic mass is 32.2. The molecule has 1 aliphatic carbocycles. The number of hydrogen-bond donors (Lipinski definition) is 0. The van der Waals surface area contributed by atoms with Gasteiger partial charge in [-0.15, -0.1) is 11.8 Å². The molecule has 0 heterocycles. The number of ketones is 1. The van der Waals surface area contributed by atoms with Crippen molar-refractivity contribution < 1.29 is 4.79 Å². The molecule has 0 aromatic heterocycles. The van der Waals surface area contributed by atoms with E-state index in [2.05, 4.69) is 44.2 Å². The van der Waals surface area contributed by atoms with E-state index in [1.165, 1.54) is 11.3 Å². The van der Waals surface area contributed by atoms with Gasteiger partial charge in [-0.25, -0.2) is 0 Å². The zero-order chi connectivity index (χ0) is 13.0. The van der Waals surface area contributed by atoms with Gasteiger partial charge in [0, 0.05) is 23.0 Å². The third-order valence-corrected chi connectivity index (χ3v) is 5.40. The molecule has 2 heteroatoms. The molecule has 2 atom stereocenters. The molecule has 1 aromatic rings. The zero-order valence-electron chi connectivity index (χ0n) is 11.3. The van der Waals surface area contributed by atoms with Gasteiger partial charge in [0.15, 0.2) is 0 Å². The van der Waals surface area contributed by atoms with Gasteiger partial charge in [-0.2, -0.15) is 0 Å². The number of thioether (sulfide) groups is 1. The lowest BCUT2D eigenvalue weighted by molar-refractivity contribution is -0.121. The molecule has 1 saturated carbocycles. The molecule has 2 unspecified atom stereocenters. The van der Waals surface area contributed by atoms with Crippen molar-refractivity contribution in [1.82, 2.24) is 0 Å². The molecular formula is C16H22OS. The van der Waals surface area contributed by atoms with Crippen LogP contribution in [0, 0.1) is 11.8 Å². The Kier molecular flexibility index (Phi) is 4.87. The Morgan fingerprint density at radius 3 is 2.56 bits per heavy atom. The first kappa shape index (κ1) is 13.7. The van der Waals surface area contributed by atoms with Crippen LogP contribution in [0.1, 0.15) is 39.5 Å². The summed E-state index contributed by atoms with van der Waals surface area (Å²) in [4.78, 5) is 13.0. The number of Topliss-reactive ketones (excluding diaryl/α,β-unsaturated/α-hetero) is 1. The van der Waals surface area contributed by atoms with Crippen molar-refractivity contribution >= 4 is 17.5 Å². The van der Waals surface area contributed by atoms with Gasteiger partial charge in [-0.3, -0.25) is 4.79 Å². The molecule has 0 aliphatic heterocycles. The maximum absolute atomic E-state index is 11.6. The van der Waals surface area contributed by atoms with E-state index >= 15 is 0 Å². The van der Waals surface area contributed by atoms with Crippen LogP contribution in [0.4, 0.5) is 0 Å². The van der Waals surface area contributed by atoms with E-state index < -0.39 is 0 Å². The topological polar surface area (TPSA) is 17.1 Å². The maximum atomic E-state index is 11.6. The van der Waals surface area contributed by atoms with Gasteiger partial charge in [-0.05, 0) is 36.8 Å². The van der Waals surface area contributed by atoms with E-state index in [4.69, 9.17) is 0 Å². The van der Waals surface area contributed by atoms with Crippen molar-refractivity contribution in [3.05, 3.63) is 30.3 Å². The Morgan fingerprint density at radius 1 is 1.22 bits per heavy atom. The summed E-state index contributed by atoms with van der Waals surface area (Å²) in [5.74, 6) is 1.65. The molecular weight excluding hydrogens is 240 g/mol. The van der Waals surface area contributed by atoms with Crippen molar-refractivity contribution in [3.8, 4) is 0 Å². The van der Waals surface area contributed by atoms with Crippen LogP contribution in [0.5, 0.6) is 0 Å². The van der Waals surface area contributed by atoms with Gasteiger partial charge in [0.1, 0.15) is 5.78 Å². The lowest BCUT2D eigenvalue weighted by Crippen LogP contribution is -2.28. The third kappa shape index (κ3) is 3.61. The third-order valence-electron chi connectivity index (χ3n) is 3.66. The minimum Gasteiger partial charge on any atom is -0.300 e. The molecule has 2 rings (SSSR count). The van der Waals surface area contributed by atoms with Crippen LogP contribution in [0.15, 0.2) is 35.2 Å². The van der Waals surface area contributed by atoms with Crippen LogP contribution in [0.3, 0.4) is 0 Å². The summed E-state index contributed by atoms with van der Waals surface area (Å²) in [6, 6.07) is 10.6. The van der Waals surface area contributed by atoms with Gasteiger partial charge in [0.2, 0.25) is 0 Å². The quantitative estimate of drug-likeness (QED) is 0.740. The van der Waals surface area contributed by atoms with Crippen LogP contribution in [-0.2, 0) is 4.79 Å². The maximum Gasteiger partial charge on any atom is 0.133 e. The second kappa shape index (κ2) is 6.42. The summed E-state index contributed by atoms with van der Waals surface area (Å²) in [6.45, 7) is 4.55. The fraction of sp³-hybridized carbons (Fsp3) is 0.562. The molecule has 0 radical (unpaired) electrons. The molecule has 1 nitrogen and oxygen atoms in total. The number of benzene rings is 1. The molecule has 0 bridgehead atoms. The summed E-state index contributed by atoms with van der Waals surface area (Å²) in [5, 5.41) is 0.566. The highest BCUT2D eigenvalue weighted by Gasteiger charge is 2.29. The van der Waals surface area contributed by atoms with E-state index in [-0.39, 0.29) is 0 Å². The Bertz CT molecular complexity index is 385. The number of carbonyl (C=O) groups is 1. The van der Waals surface area contributed by atoms with E-state index in [0.29, 0.717) is 22.9 Å². The first-order valence-electron chi connectivity index (χ1n) is 6.90. The van der Waals surface area contributed by atoms with Gasteiger partial charge in [-0.1, -0.05) is 32.0 Å². The predicted octanol–water partition coefficient (Wildman–Crippen LogP) is 4.56. The first-order valence-corrected chi connectivity index (χ1v) is 7.78. The highest BCUT2D eigenvalue weighted by Crippen LogP contribution is 2.38. The average molecular weight is 262 g/mol. The smallest absolute Gasteiger partial charge is 0.133 e. The molecule has 0 amide bonds. The van der Waals surface area contributed by atoms with Crippen LogP contribution in [-0.4, -0.2) is 11.0 Å². The summed E-state index contributed by atoms with van der Waals surface area (Å²) >= 11 is 1.95. The summed E-state index contributed by atoms with van der Waals surface area (Å²) in [5.41, 5.74) is 0. The van der Waals surface area contributed by atoms with E-state index in [1.807, 2.05) is 11.8 Å². The van der Waals surface area contributed by atoms with Crippen LogP contribution in [0.2, 0.25) is 0 Å². The second-order valence-electron chi connectivity index (χ2n) is 5.53. The molecule has 1 aliphatic rings. The number of hydrogen-bond acceptors (Lipinski definition) is 2. The summed E-state index contributed by atoms with van der Waals surface area (Å²) < 4.78 is 0. The Balaban J connectivity index is 2.06. The first-order chi connectivity index (χ1) is 8.66. The summed E-state index contributed by atoms with van der Waals surface area (Å²) in [7, 11) is 0. The molecule has 0 spiro atoms. The fourth-order valence-electron chi connectivity index (χ4n) is 2.77. The number of rotatable bonds is 4. The second-order valence-corrected chi connectivity index (χ2v) is 6.79. The average Bonchev–Trinajstić information content (AvgIpc) is 2.37. The highest BCUT2D eigenvalue weighted by molar-refractivity contribution is 8.00. The molecule has 0 saturated heterocycles. The monoisotopic (exact) mass is 262 g/mol. The van der Waals surface area contributed by atoms with Crippen molar-refractivity contribution in [3.63, 3.8) is 0 Å². The van der Waals surface area contributed by atoms with E-state index in [0.717, 1.165) is 19.3 Å². The zero-order valence-corrected chi connectivity index (χ0v) is 12.1. The van der Waals surface area contributed by atoms with Gasteiger partial charge in [0.25, 0.3) is 0 Å². The molecule has 0 N–H and O–H groups in total. The Hall–Kier alpha value is -0.760. The lowest BCUT2D eigenvalue weighted by Gasteiger charge is -2.32. The normalized spacial score (nSPS) is 22.2. The standard InChI is InChI=1S/C16H22OS/c1-12(2)16(13-7-6-8-14(17)11-13)18-15-9-4-3-5-10-15/h3-5,9-10,12-13,16H,6-8,11H2,1-2H3. The van der Waals surface area contributed by atoms with Crippen molar-refractivity contribution in [1.29, 1.82) is 0 Å². The lowest BCUT2D eigenvalue weighted by atomic mass is 9.82. The Morgan fingerprint density at radius 2 is 1.94 bits per heavy atom. The number of carbonyl (C=O) groups excluding carboxylic acids is 1. The minimum atomic E-state index is 0.463. The van der Waals surface area contributed by atoms with Gasteiger partial charge >= 0.3 is 0 Å². The summed E-state index contributed by atoms with van der Waals surface area (Å²) in [6.07, 6.45) is 3.90. The van der Waals surface area contributed by atoms with E-state index in [1.54, 1.807) is 0 Å². The van der Waals surface area contributed by atoms with Crippen molar-refractivity contribution in [2.75, 3.05) is 0 Å². The SMILES string of the molecule is CC(C)C(Sc1ccccc1)C1CCCC(=O)C1. The molecule has 18 heavy (non-hydrogen) atoms. The molecule has 98 valence electrons. The minimum absolute atomic E-state index is 0.463. The van der Waals surface area contributed by atoms with Gasteiger partial charge in [0.05, 0.1) is 0 Å². The van der Waals surface area contributed by atoms with Crippen LogP contribution < -0.4 is 0 Å². The molecule has 1 aromatic carbocycles. The van der Waals surface area contributed by atoms with E-state index in [9.17, 15) is 4.79 Å². The predicted molar refractivity (Wildman–Crippen MR) is 77.9 cm³/mol. The largest absolute Gasteiger partial charge is 0.300 e. The fourth-order valence-corrected chi connectivity index (χ4v) is 4.10. The van der Waals surface area contributed by atoms with Crippen molar-refractivity contribution in [2.45, 2.75) is 49.7 Å². The van der Waals surface area contributed by atoms with Gasteiger partial charge < -0.3 is 0 Å². The molecule has 1 fully saturated rings.